The van der Waals surface area contributed by atoms with Gasteiger partial charge in [-0.05, 0) is 42.3 Å². The van der Waals surface area contributed by atoms with E-state index in [2.05, 4.69) is 5.32 Å². The molecule has 0 aliphatic rings. The molecule has 0 fully saturated rings. The van der Waals surface area contributed by atoms with Crippen molar-refractivity contribution in [1.29, 1.82) is 5.41 Å². The molecule has 0 radical (unpaired) electrons. The second kappa shape index (κ2) is 9.12. The molecule has 0 saturated carbocycles. The zero-order chi connectivity index (χ0) is 24.4. The highest BCUT2D eigenvalue weighted by Gasteiger charge is 2.38. The Bertz CT molecular complexity index is 1300. The van der Waals surface area contributed by atoms with E-state index < -0.39 is 27.6 Å². The largest absolute Gasteiger partial charge is 0.384 e. The number of carbonyl (C=O) groups is 1. The molecule has 3 rings (SSSR count). The highest BCUT2D eigenvalue weighted by Crippen LogP contribution is 2.29. The molecular weight excluding hydrogens is 444 g/mol. The van der Waals surface area contributed by atoms with Gasteiger partial charge in [-0.3, -0.25) is 10.2 Å². The predicted molar refractivity (Wildman–Crippen MR) is 125 cm³/mol. The van der Waals surface area contributed by atoms with Crippen molar-refractivity contribution in [3.8, 4) is 11.1 Å². The molecule has 0 aliphatic carbocycles. The summed E-state index contributed by atoms with van der Waals surface area (Å²) in [4.78, 5) is 12.6. The molecule has 0 spiro atoms. The third-order valence-corrected chi connectivity index (χ3v) is 6.16. The van der Waals surface area contributed by atoms with Crippen LogP contribution in [-0.4, -0.2) is 36.5 Å². The number of aliphatic hydroxyl groups excluding tert-OH is 1. The molecule has 2 unspecified atom stereocenters. The number of rotatable bonds is 7. The number of hydrogen-bond acceptors (Lipinski definition) is 6. The van der Waals surface area contributed by atoms with Crippen molar-refractivity contribution in [1.82, 2.24) is 0 Å². The van der Waals surface area contributed by atoms with Gasteiger partial charge >= 0.3 is 0 Å². The summed E-state index contributed by atoms with van der Waals surface area (Å²) in [6.45, 7) is 1.28. The van der Waals surface area contributed by atoms with E-state index in [1.54, 1.807) is 42.5 Å². The molecule has 0 aromatic heterocycles. The molecule has 2 atom stereocenters. The Labute approximate surface area is 191 Å². The van der Waals surface area contributed by atoms with E-state index in [9.17, 15) is 23.4 Å². The minimum Gasteiger partial charge on any atom is -0.384 e. The van der Waals surface area contributed by atoms with Gasteiger partial charge in [-0.15, -0.1) is 0 Å². The summed E-state index contributed by atoms with van der Waals surface area (Å²) in [5, 5.41) is 36.7. The first-order valence-corrected chi connectivity index (χ1v) is 11.3. The summed E-state index contributed by atoms with van der Waals surface area (Å²) in [6.07, 6.45) is -1.83. The van der Waals surface area contributed by atoms with E-state index in [-0.39, 0.29) is 16.3 Å². The maximum absolute atomic E-state index is 12.6. The number of nitrogens with one attached hydrogen (secondary N) is 2. The van der Waals surface area contributed by atoms with Gasteiger partial charge in [-0.2, -0.15) is 0 Å². The van der Waals surface area contributed by atoms with E-state index in [1.165, 1.54) is 37.3 Å². The average molecular weight is 469 g/mol. The molecular formula is C23H24N4O5S. The molecule has 0 bridgehead atoms. The first-order chi connectivity index (χ1) is 15.4. The fraction of sp³-hybridized carbons (Fsp3) is 0.130. The number of carbonyl (C=O) groups excluding carboxylic acids is 1. The van der Waals surface area contributed by atoms with Crippen LogP contribution in [0, 0.1) is 5.41 Å². The normalized spacial score (nSPS) is 14.2. The van der Waals surface area contributed by atoms with Gasteiger partial charge in [0.05, 0.1) is 4.90 Å². The number of nitrogen functional groups attached to an aromatic ring is 1. The standard InChI is InChI=1S/C23H24N4O5S/c1-23(30,16-6-4-5-15(13-16)21(24)25)20(28)22(29)27-17-11-9-14(10-12-17)18-7-2-3-8-19(18)33(26,31)32/h2-13,20,28,30H,1H3,(H3,24,25)(H,27,29)(H2,26,31,32). The third-order valence-electron chi connectivity index (χ3n) is 5.20. The van der Waals surface area contributed by atoms with Crippen LogP contribution in [0.2, 0.25) is 0 Å². The second-order valence-corrected chi connectivity index (χ2v) is 9.18. The Kier molecular flexibility index (Phi) is 6.65. The summed E-state index contributed by atoms with van der Waals surface area (Å²) in [7, 11) is -3.92. The molecule has 10 heteroatoms. The molecule has 33 heavy (non-hydrogen) atoms. The predicted octanol–water partition coefficient (Wildman–Crippen LogP) is 1.49. The second-order valence-electron chi connectivity index (χ2n) is 7.65. The van der Waals surface area contributed by atoms with Gasteiger partial charge in [0, 0.05) is 16.8 Å². The van der Waals surface area contributed by atoms with Crippen LogP contribution in [0.4, 0.5) is 5.69 Å². The van der Waals surface area contributed by atoms with E-state index in [0.29, 0.717) is 22.4 Å². The van der Waals surface area contributed by atoms with E-state index in [0.717, 1.165) is 0 Å². The van der Waals surface area contributed by atoms with Crippen molar-refractivity contribution in [2.75, 3.05) is 5.32 Å². The number of anilines is 1. The van der Waals surface area contributed by atoms with Crippen LogP contribution in [0.5, 0.6) is 0 Å². The SMILES string of the molecule is CC(O)(c1cccc(C(=N)N)c1)C(O)C(=O)Nc1ccc(-c2ccccc2S(N)(=O)=O)cc1. The maximum atomic E-state index is 12.6. The zero-order valence-electron chi connectivity index (χ0n) is 17.7. The van der Waals surface area contributed by atoms with E-state index >= 15 is 0 Å². The van der Waals surface area contributed by atoms with Crippen LogP contribution in [0.15, 0.2) is 77.7 Å². The van der Waals surface area contributed by atoms with E-state index in [4.69, 9.17) is 16.3 Å². The lowest BCUT2D eigenvalue weighted by Crippen LogP contribution is -2.45. The van der Waals surface area contributed by atoms with Crippen molar-refractivity contribution in [3.63, 3.8) is 0 Å². The minimum atomic E-state index is -3.92. The lowest BCUT2D eigenvalue weighted by Gasteiger charge is -2.29. The molecule has 0 saturated heterocycles. The molecule has 0 heterocycles. The topological polar surface area (TPSA) is 180 Å². The zero-order valence-corrected chi connectivity index (χ0v) is 18.5. The lowest BCUT2D eigenvalue weighted by molar-refractivity contribution is -0.139. The van der Waals surface area contributed by atoms with Crippen LogP contribution in [0.1, 0.15) is 18.1 Å². The Balaban J connectivity index is 1.80. The van der Waals surface area contributed by atoms with E-state index in [1.807, 2.05) is 0 Å². The van der Waals surface area contributed by atoms with Crippen molar-refractivity contribution in [2.24, 2.45) is 10.9 Å². The van der Waals surface area contributed by atoms with Crippen molar-refractivity contribution < 1.29 is 23.4 Å². The fourth-order valence-corrected chi connectivity index (χ4v) is 4.07. The summed E-state index contributed by atoms with van der Waals surface area (Å²) >= 11 is 0. The summed E-state index contributed by atoms with van der Waals surface area (Å²) < 4.78 is 23.7. The van der Waals surface area contributed by atoms with Gasteiger partial charge in [0.15, 0.2) is 6.10 Å². The van der Waals surface area contributed by atoms with Gasteiger partial charge in [0.25, 0.3) is 5.91 Å². The lowest BCUT2D eigenvalue weighted by atomic mass is 9.88. The summed E-state index contributed by atoms with van der Waals surface area (Å²) in [5.74, 6) is -1.07. The molecule has 8 N–H and O–H groups in total. The Morgan fingerprint density at radius 3 is 2.30 bits per heavy atom. The highest BCUT2D eigenvalue weighted by atomic mass is 32.2. The Morgan fingerprint density at radius 1 is 1.06 bits per heavy atom. The van der Waals surface area contributed by atoms with Crippen molar-refractivity contribution in [2.45, 2.75) is 23.5 Å². The van der Waals surface area contributed by atoms with Gasteiger partial charge in [0.1, 0.15) is 11.4 Å². The number of primary sulfonamides is 1. The van der Waals surface area contributed by atoms with Crippen LogP contribution in [0.3, 0.4) is 0 Å². The summed E-state index contributed by atoms with van der Waals surface area (Å²) in [5.41, 5.74) is 5.37. The van der Waals surface area contributed by atoms with Crippen molar-refractivity contribution >= 4 is 27.5 Å². The number of amidine groups is 1. The maximum Gasteiger partial charge on any atom is 0.256 e. The number of benzene rings is 3. The average Bonchev–Trinajstić information content (AvgIpc) is 2.78. The highest BCUT2D eigenvalue weighted by molar-refractivity contribution is 7.89. The molecule has 1 amide bonds. The smallest absolute Gasteiger partial charge is 0.256 e. The van der Waals surface area contributed by atoms with Crippen LogP contribution in [0.25, 0.3) is 11.1 Å². The van der Waals surface area contributed by atoms with Gasteiger partial charge in [-0.25, -0.2) is 13.6 Å². The first-order valence-electron chi connectivity index (χ1n) is 9.80. The van der Waals surface area contributed by atoms with Crippen LogP contribution in [-0.2, 0) is 20.4 Å². The monoisotopic (exact) mass is 468 g/mol. The summed E-state index contributed by atoms with van der Waals surface area (Å²) in [6, 6.07) is 18.6. The quantitative estimate of drug-likeness (QED) is 0.226. The Morgan fingerprint density at radius 2 is 1.70 bits per heavy atom. The third kappa shape index (κ3) is 5.26. The number of amides is 1. The number of hydrogen-bond donors (Lipinski definition) is 6. The Hall–Kier alpha value is -3.57. The number of sulfonamides is 1. The first kappa shape index (κ1) is 24.1. The molecule has 3 aromatic carbocycles. The van der Waals surface area contributed by atoms with Gasteiger partial charge < -0.3 is 21.3 Å². The molecule has 172 valence electrons. The number of nitrogens with two attached hydrogens (primary N) is 2. The van der Waals surface area contributed by atoms with Gasteiger partial charge in [-0.1, -0.05) is 48.5 Å². The molecule has 0 aliphatic heterocycles. The fourth-order valence-electron chi connectivity index (χ4n) is 3.31. The van der Waals surface area contributed by atoms with Gasteiger partial charge in [0.2, 0.25) is 10.0 Å². The van der Waals surface area contributed by atoms with Crippen molar-refractivity contribution in [3.05, 3.63) is 83.9 Å². The number of aliphatic hydroxyl groups is 2. The molecule has 9 nitrogen and oxygen atoms in total. The minimum absolute atomic E-state index is 0.0268. The van der Waals surface area contributed by atoms with Crippen LogP contribution < -0.4 is 16.2 Å². The van der Waals surface area contributed by atoms with Crippen LogP contribution >= 0.6 is 0 Å². The molecule has 3 aromatic rings.